The zero-order chi connectivity index (χ0) is 11.1. The van der Waals surface area contributed by atoms with Gasteiger partial charge in [0, 0.05) is 18.2 Å². The van der Waals surface area contributed by atoms with E-state index in [-0.39, 0.29) is 12.8 Å². The maximum atomic E-state index is 12.5. The van der Waals surface area contributed by atoms with Crippen LogP contribution in [0.15, 0.2) is 12.5 Å². The molecule has 0 unspecified atom stereocenters. The normalized spacial score (nSPS) is 26.1. The molecule has 82 valence electrons. The summed E-state index contributed by atoms with van der Waals surface area (Å²) in [5.74, 6) is -1.50. The second kappa shape index (κ2) is 3.44. The smallest absolute Gasteiger partial charge is 0.388 e. The van der Waals surface area contributed by atoms with Crippen molar-refractivity contribution < 1.29 is 18.3 Å². The summed E-state index contributed by atoms with van der Waals surface area (Å²) < 4.78 is 37.4. The summed E-state index contributed by atoms with van der Waals surface area (Å²) in [6.07, 6.45) is -3.28. The third kappa shape index (κ3) is 1.94. The van der Waals surface area contributed by atoms with Gasteiger partial charge in [-0.05, 0) is 6.42 Å². The molecule has 1 aromatic rings. The number of hydrogen-bond donors (Lipinski definition) is 1. The van der Waals surface area contributed by atoms with E-state index in [9.17, 15) is 18.3 Å². The van der Waals surface area contributed by atoms with Crippen LogP contribution in [0.2, 0.25) is 0 Å². The van der Waals surface area contributed by atoms with Crippen molar-refractivity contribution in [3.63, 3.8) is 0 Å². The number of rotatable bonds is 0. The highest BCUT2D eigenvalue weighted by Gasteiger charge is 2.44. The number of nitrogens with zero attached hydrogens (tertiary/aromatic N) is 2. The minimum atomic E-state index is -4.27. The monoisotopic (exact) mass is 218 g/mol. The molecule has 1 aliphatic rings. The van der Waals surface area contributed by atoms with Gasteiger partial charge in [-0.1, -0.05) is 0 Å². The molecule has 0 saturated carbocycles. The average Bonchev–Trinajstić information content (AvgIpc) is 2.16. The lowest BCUT2D eigenvalue weighted by Gasteiger charge is -2.28. The Balaban J connectivity index is 2.30. The molecular formula is C9H9F3N2O. The molecule has 2 atom stereocenters. The Kier molecular flexibility index (Phi) is 2.38. The molecule has 0 saturated heterocycles. The molecule has 2 rings (SSSR count). The third-order valence-corrected chi connectivity index (χ3v) is 2.60. The molecule has 0 amide bonds. The van der Waals surface area contributed by atoms with Crippen molar-refractivity contribution >= 4 is 0 Å². The first-order valence-electron chi connectivity index (χ1n) is 4.52. The van der Waals surface area contributed by atoms with Crippen molar-refractivity contribution in [2.45, 2.75) is 25.1 Å². The second-order valence-electron chi connectivity index (χ2n) is 3.62. The molecule has 0 bridgehead atoms. The van der Waals surface area contributed by atoms with Gasteiger partial charge in [-0.3, -0.25) is 0 Å². The van der Waals surface area contributed by atoms with E-state index in [4.69, 9.17) is 0 Å². The number of aliphatic hydroxyl groups is 1. The summed E-state index contributed by atoms with van der Waals surface area (Å²) in [7, 11) is 0. The Bertz CT molecular complexity index is 367. The fourth-order valence-electron chi connectivity index (χ4n) is 1.78. The maximum Gasteiger partial charge on any atom is 0.392 e. The predicted octanol–water partition coefficient (Wildman–Crippen LogP) is 1.63. The highest BCUT2D eigenvalue weighted by molar-refractivity contribution is 5.22. The van der Waals surface area contributed by atoms with E-state index in [1.807, 2.05) is 0 Å². The van der Waals surface area contributed by atoms with Crippen molar-refractivity contribution in [3.05, 3.63) is 23.8 Å². The van der Waals surface area contributed by atoms with Gasteiger partial charge in [-0.25, -0.2) is 9.97 Å². The topological polar surface area (TPSA) is 46.0 Å². The van der Waals surface area contributed by atoms with Crippen molar-refractivity contribution in [3.8, 4) is 0 Å². The van der Waals surface area contributed by atoms with Crippen LogP contribution in [-0.4, -0.2) is 21.3 Å². The molecule has 1 heterocycles. The quantitative estimate of drug-likeness (QED) is 0.719. The molecule has 0 spiro atoms. The summed E-state index contributed by atoms with van der Waals surface area (Å²) in [5, 5.41) is 9.52. The Morgan fingerprint density at radius 2 is 2.13 bits per heavy atom. The van der Waals surface area contributed by atoms with E-state index < -0.39 is 18.2 Å². The zero-order valence-corrected chi connectivity index (χ0v) is 7.70. The number of hydrogen-bond acceptors (Lipinski definition) is 3. The third-order valence-electron chi connectivity index (χ3n) is 2.60. The number of aliphatic hydroxyl groups excluding tert-OH is 1. The Labute approximate surface area is 84.0 Å². The van der Waals surface area contributed by atoms with Crippen LogP contribution in [0.4, 0.5) is 13.2 Å². The number of fused-ring (bicyclic) bond motifs is 1. The van der Waals surface area contributed by atoms with Crippen molar-refractivity contribution in [1.82, 2.24) is 9.97 Å². The summed E-state index contributed by atoms with van der Waals surface area (Å²) in [6, 6.07) is 0. The molecule has 6 heteroatoms. The largest absolute Gasteiger partial charge is 0.392 e. The first-order chi connectivity index (χ1) is 6.98. The van der Waals surface area contributed by atoms with Gasteiger partial charge in [0.25, 0.3) is 0 Å². The van der Waals surface area contributed by atoms with Gasteiger partial charge in [0.1, 0.15) is 6.33 Å². The van der Waals surface area contributed by atoms with E-state index in [1.54, 1.807) is 0 Å². The van der Waals surface area contributed by atoms with Crippen molar-refractivity contribution in [1.29, 1.82) is 0 Å². The average molecular weight is 218 g/mol. The molecule has 3 nitrogen and oxygen atoms in total. The molecule has 15 heavy (non-hydrogen) atoms. The minimum absolute atomic E-state index is 0.168. The van der Waals surface area contributed by atoms with Gasteiger partial charge >= 0.3 is 6.18 Å². The van der Waals surface area contributed by atoms with Gasteiger partial charge in [-0.15, -0.1) is 0 Å². The van der Waals surface area contributed by atoms with Crippen LogP contribution in [0.1, 0.15) is 23.8 Å². The van der Waals surface area contributed by atoms with Gasteiger partial charge < -0.3 is 5.11 Å². The van der Waals surface area contributed by atoms with Crippen LogP contribution in [0.25, 0.3) is 0 Å². The van der Waals surface area contributed by atoms with E-state index in [2.05, 4.69) is 9.97 Å². The van der Waals surface area contributed by atoms with Crippen LogP contribution < -0.4 is 0 Å². The summed E-state index contributed by atoms with van der Waals surface area (Å²) in [4.78, 5) is 7.45. The predicted molar refractivity (Wildman–Crippen MR) is 44.9 cm³/mol. The molecule has 1 aliphatic carbocycles. The lowest BCUT2D eigenvalue weighted by atomic mass is 9.85. The molecule has 1 N–H and O–H groups in total. The van der Waals surface area contributed by atoms with E-state index >= 15 is 0 Å². The van der Waals surface area contributed by atoms with E-state index in [0.29, 0.717) is 11.3 Å². The number of halogens is 3. The zero-order valence-electron chi connectivity index (χ0n) is 7.70. The van der Waals surface area contributed by atoms with Crippen LogP contribution in [0, 0.1) is 5.92 Å². The molecule has 0 radical (unpaired) electrons. The summed E-state index contributed by atoms with van der Waals surface area (Å²) in [5.41, 5.74) is 0.712. The molecule has 0 fully saturated rings. The first kappa shape index (κ1) is 10.4. The highest BCUT2D eigenvalue weighted by Crippen LogP contribution is 2.40. The SMILES string of the molecule is O[C@@H]1C[C@@H](C(F)(F)F)Cc2ncncc21. The van der Waals surface area contributed by atoms with Crippen LogP contribution >= 0.6 is 0 Å². The van der Waals surface area contributed by atoms with Crippen molar-refractivity contribution in [2.75, 3.05) is 0 Å². The fraction of sp³-hybridized carbons (Fsp3) is 0.556. The van der Waals surface area contributed by atoms with Crippen LogP contribution in [-0.2, 0) is 6.42 Å². The summed E-state index contributed by atoms with van der Waals surface area (Å²) >= 11 is 0. The second-order valence-corrected chi connectivity index (χ2v) is 3.62. The standard InChI is InChI=1S/C9H9F3N2O/c10-9(11,12)5-1-7-6(8(15)2-5)3-13-4-14-7/h3-5,8,15H,1-2H2/t5-,8+/m0/s1. The van der Waals surface area contributed by atoms with Gasteiger partial charge in [0.15, 0.2) is 0 Å². The Morgan fingerprint density at radius 3 is 2.80 bits per heavy atom. The first-order valence-corrected chi connectivity index (χ1v) is 4.52. The number of alkyl halides is 3. The molecular weight excluding hydrogens is 209 g/mol. The lowest BCUT2D eigenvalue weighted by Crippen LogP contribution is -2.31. The number of aromatic nitrogens is 2. The minimum Gasteiger partial charge on any atom is -0.388 e. The molecule has 1 aromatic heterocycles. The van der Waals surface area contributed by atoms with Gasteiger partial charge in [0.05, 0.1) is 17.7 Å². The molecule has 0 aliphatic heterocycles. The van der Waals surface area contributed by atoms with Crippen LogP contribution in [0.5, 0.6) is 0 Å². The van der Waals surface area contributed by atoms with Gasteiger partial charge in [0.2, 0.25) is 0 Å². The summed E-state index contributed by atoms with van der Waals surface area (Å²) in [6.45, 7) is 0. The van der Waals surface area contributed by atoms with Gasteiger partial charge in [-0.2, -0.15) is 13.2 Å². The fourth-order valence-corrected chi connectivity index (χ4v) is 1.78. The lowest BCUT2D eigenvalue weighted by molar-refractivity contribution is -0.184. The maximum absolute atomic E-state index is 12.5. The van der Waals surface area contributed by atoms with E-state index in [0.717, 1.165) is 0 Å². The Hall–Kier alpha value is -1.17. The molecule has 0 aromatic carbocycles. The van der Waals surface area contributed by atoms with Crippen LogP contribution in [0.3, 0.4) is 0 Å². The Morgan fingerprint density at radius 1 is 1.40 bits per heavy atom. The highest BCUT2D eigenvalue weighted by atomic mass is 19.4. The van der Waals surface area contributed by atoms with E-state index in [1.165, 1.54) is 12.5 Å². The van der Waals surface area contributed by atoms with Crippen molar-refractivity contribution in [2.24, 2.45) is 5.92 Å².